The van der Waals surface area contributed by atoms with Crippen molar-refractivity contribution in [2.24, 2.45) is 9.36 Å². The third-order valence-corrected chi connectivity index (χ3v) is 10.8. The lowest BCUT2D eigenvalue weighted by atomic mass is 9.91. The lowest BCUT2D eigenvalue weighted by Gasteiger charge is -2.43. The predicted octanol–water partition coefficient (Wildman–Crippen LogP) is 4.89. The molecule has 2 aromatic heterocycles. The second-order valence-electron chi connectivity index (χ2n) is 10.0. The van der Waals surface area contributed by atoms with Gasteiger partial charge in [-0.25, -0.2) is 36.5 Å². The Labute approximate surface area is 233 Å². The number of alkyl halides is 2. The molecule has 2 atom stereocenters. The molecule has 3 aromatic rings. The zero-order chi connectivity index (χ0) is 29.4. The molecule has 1 aromatic carbocycles. The van der Waals surface area contributed by atoms with Crippen LogP contribution in [0, 0.1) is 5.82 Å². The molecule has 0 saturated heterocycles. The zero-order valence-electron chi connectivity index (χ0n) is 22.1. The van der Waals surface area contributed by atoms with E-state index in [0.717, 1.165) is 12.8 Å². The molecule has 1 unspecified atom stereocenters. The van der Waals surface area contributed by atoms with Crippen LogP contribution in [0.2, 0.25) is 0 Å². The van der Waals surface area contributed by atoms with Crippen molar-refractivity contribution < 1.29 is 36.5 Å². The smallest absolute Gasteiger partial charge is 0.410 e. The number of carboxylic acid groups (broad SMARTS) is 1. The molecule has 1 saturated carbocycles. The van der Waals surface area contributed by atoms with Crippen molar-refractivity contribution in [2.75, 3.05) is 19.4 Å². The Bertz CT molecular complexity index is 1610. The van der Waals surface area contributed by atoms with E-state index in [1.54, 1.807) is 13.0 Å². The van der Waals surface area contributed by atoms with E-state index in [9.17, 15) is 22.9 Å². The summed E-state index contributed by atoms with van der Waals surface area (Å²) in [5.41, 5.74) is -0.335. The number of carbonyl (C=O) groups is 1. The number of rotatable bonds is 6. The van der Waals surface area contributed by atoms with Crippen LogP contribution in [0.3, 0.4) is 0 Å². The van der Waals surface area contributed by atoms with Crippen LogP contribution in [0.15, 0.2) is 50.5 Å². The predicted molar refractivity (Wildman–Crippen MR) is 143 cm³/mol. The second kappa shape index (κ2) is 10.8. The molecule has 0 bridgehead atoms. The first kappa shape index (κ1) is 28.5. The number of hydrogen-bond donors (Lipinski definition) is 2. The molecule has 1 fully saturated rings. The van der Waals surface area contributed by atoms with Crippen molar-refractivity contribution in [2.45, 2.75) is 49.3 Å². The van der Waals surface area contributed by atoms with E-state index in [1.165, 1.54) is 37.6 Å². The van der Waals surface area contributed by atoms with Gasteiger partial charge in [0, 0.05) is 24.2 Å². The second-order valence-corrected chi connectivity index (χ2v) is 12.8. The molecule has 41 heavy (non-hydrogen) atoms. The minimum Gasteiger partial charge on any atom is -0.470 e. The fourth-order valence-corrected chi connectivity index (χ4v) is 8.53. The van der Waals surface area contributed by atoms with Crippen LogP contribution >= 0.6 is 0 Å². The van der Waals surface area contributed by atoms with Crippen molar-refractivity contribution in [3.8, 4) is 28.6 Å². The number of benzene rings is 1. The number of nitrogens with zero attached hydrogens (tertiary/aromatic N) is 5. The highest BCUT2D eigenvalue weighted by Gasteiger charge is 2.55. The number of amides is 1. The van der Waals surface area contributed by atoms with Gasteiger partial charge in [0.25, 0.3) is 6.43 Å². The molecular weight excluding hydrogens is 565 g/mol. The van der Waals surface area contributed by atoms with Crippen LogP contribution in [0.25, 0.3) is 22.7 Å². The van der Waals surface area contributed by atoms with E-state index in [0.29, 0.717) is 18.4 Å². The number of aromatic nitrogens is 3. The molecule has 11 nitrogen and oxygen atoms in total. The summed E-state index contributed by atoms with van der Waals surface area (Å²) < 4.78 is 68.0. The van der Waals surface area contributed by atoms with Gasteiger partial charge >= 0.3 is 6.09 Å². The minimum atomic E-state index is -3.06. The molecule has 2 aliphatic rings. The maximum atomic E-state index is 15.4. The van der Waals surface area contributed by atoms with E-state index in [4.69, 9.17) is 14.3 Å². The third-order valence-electron chi connectivity index (χ3n) is 7.40. The van der Waals surface area contributed by atoms with E-state index in [-0.39, 0.29) is 40.2 Å². The van der Waals surface area contributed by atoms with Crippen molar-refractivity contribution in [1.29, 1.82) is 0 Å². The van der Waals surface area contributed by atoms with E-state index in [1.807, 2.05) is 0 Å². The summed E-state index contributed by atoms with van der Waals surface area (Å²) in [7, 11) is -1.62. The zero-order valence-corrected chi connectivity index (χ0v) is 23.0. The summed E-state index contributed by atoms with van der Waals surface area (Å²) in [5, 5.41) is 15.9. The van der Waals surface area contributed by atoms with Gasteiger partial charge in [-0.3, -0.25) is 10.3 Å². The van der Waals surface area contributed by atoms with Crippen LogP contribution < -0.4 is 10.1 Å². The number of hydrogen-bond acceptors (Lipinski definition) is 9. The van der Waals surface area contributed by atoms with Crippen molar-refractivity contribution in [1.82, 2.24) is 20.4 Å². The summed E-state index contributed by atoms with van der Waals surface area (Å²) >= 11 is 0. The Morgan fingerprint density at radius 2 is 1.98 bits per heavy atom. The molecule has 1 aliphatic heterocycles. The standard InChI is InChI=1S/C26H27F3N6O5S/c1-25(14-41(38,30-2)26(7-3-4-8-26)23(34-25)33-24(36)37)16-9-15(5-6-17(16)27)20-10-18(35-40-20)19-11-32-22(12-31-19)39-13-21(28)29/h5-6,9-12,21H,3-4,7-8,13-14H2,1-2H3,(H,33,34)(H,36,37)/t25-,41?/m0/s1. The summed E-state index contributed by atoms with van der Waals surface area (Å²) in [6, 6.07) is 5.74. The fraction of sp³-hybridized carbons (Fsp3) is 0.423. The lowest BCUT2D eigenvalue weighted by Crippen LogP contribution is -2.59. The van der Waals surface area contributed by atoms with Crippen LogP contribution in [-0.4, -0.2) is 66.9 Å². The molecule has 1 aliphatic carbocycles. The number of aliphatic imine (C=N–C) groups is 1. The number of amidine groups is 1. The Morgan fingerprint density at radius 1 is 1.22 bits per heavy atom. The van der Waals surface area contributed by atoms with Crippen molar-refractivity contribution >= 4 is 21.7 Å². The van der Waals surface area contributed by atoms with Gasteiger partial charge in [-0.1, -0.05) is 18.0 Å². The fourth-order valence-electron chi connectivity index (χ4n) is 5.47. The molecule has 0 radical (unpaired) electrons. The largest absolute Gasteiger partial charge is 0.470 e. The van der Waals surface area contributed by atoms with Gasteiger partial charge in [0.05, 0.1) is 27.9 Å². The minimum absolute atomic E-state index is 0.0400. The molecule has 15 heteroatoms. The van der Waals surface area contributed by atoms with Gasteiger partial charge in [-0.05, 0) is 38.0 Å². The van der Waals surface area contributed by atoms with E-state index >= 15 is 4.39 Å². The maximum Gasteiger partial charge on any atom is 0.410 e. The number of nitrogens with one attached hydrogen (secondary N) is 1. The molecule has 3 heterocycles. The highest BCUT2D eigenvalue weighted by atomic mass is 32.2. The normalized spacial score (nSPS) is 23.4. The Morgan fingerprint density at radius 3 is 2.61 bits per heavy atom. The Balaban J connectivity index is 1.51. The van der Waals surface area contributed by atoms with Gasteiger partial charge in [0.2, 0.25) is 5.88 Å². The van der Waals surface area contributed by atoms with Crippen LogP contribution in [0.4, 0.5) is 18.0 Å². The first-order chi connectivity index (χ1) is 19.5. The summed E-state index contributed by atoms with van der Waals surface area (Å²) in [4.78, 5) is 24.5. The highest BCUT2D eigenvalue weighted by Crippen LogP contribution is 2.47. The van der Waals surface area contributed by atoms with Gasteiger partial charge in [-0.15, -0.1) is 0 Å². The molecular formula is C26H27F3N6O5S. The van der Waals surface area contributed by atoms with Crippen LogP contribution in [0.1, 0.15) is 38.2 Å². The monoisotopic (exact) mass is 592 g/mol. The van der Waals surface area contributed by atoms with Crippen LogP contribution in [-0.2, 0) is 15.3 Å². The number of halogens is 3. The van der Waals surface area contributed by atoms with Gasteiger partial charge in [0.15, 0.2) is 12.4 Å². The lowest BCUT2D eigenvalue weighted by molar-refractivity contribution is 0.0794. The summed E-state index contributed by atoms with van der Waals surface area (Å²) in [6.45, 7) is 0.790. The highest BCUT2D eigenvalue weighted by molar-refractivity contribution is 7.95. The summed E-state index contributed by atoms with van der Waals surface area (Å²) in [6.07, 6.45) is 0.889. The topological polar surface area (TPSA) is 152 Å². The first-order valence-corrected chi connectivity index (χ1v) is 14.4. The molecule has 2 N–H and O–H groups in total. The first-order valence-electron chi connectivity index (χ1n) is 12.7. The van der Waals surface area contributed by atoms with Crippen molar-refractivity contribution in [3.63, 3.8) is 0 Å². The van der Waals surface area contributed by atoms with Gasteiger partial charge in [0.1, 0.15) is 33.3 Å². The quantitative estimate of drug-likeness (QED) is 0.411. The van der Waals surface area contributed by atoms with E-state index < -0.39 is 45.0 Å². The molecule has 1 amide bonds. The molecule has 218 valence electrons. The molecule has 5 rings (SSSR count). The van der Waals surface area contributed by atoms with Gasteiger partial charge in [-0.2, -0.15) is 0 Å². The van der Waals surface area contributed by atoms with Crippen LogP contribution in [0.5, 0.6) is 5.88 Å². The summed E-state index contributed by atoms with van der Waals surface area (Å²) in [5.74, 6) is -0.507. The Kier molecular flexibility index (Phi) is 7.48. The van der Waals surface area contributed by atoms with Gasteiger partial charge < -0.3 is 14.4 Å². The van der Waals surface area contributed by atoms with Crippen molar-refractivity contribution in [3.05, 3.63) is 48.0 Å². The van der Waals surface area contributed by atoms with E-state index in [2.05, 4.69) is 24.8 Å². The average molecular weight is 593 g/mol. The SMILES string of the molecule is CN=S1(=O)C[C@@](C)(c2cc(-c3cc(-c4cnc(OCC(F)F)cn4)no3)ccc2F)N=C(NC(=O)O)C12CCCC2. The maximum absolute atomic E-state index is 15.4. The average Bonchev–Trinajstić information content (AvgIpc) is 3.63. The Hall–Kier alpha value is -4.01. The third kappa shape index (κ3) is 5.25. The molecule has 1 spiro atoms. The number of ether oxygens (including phenoxy) is 1.